The number of carbonyl (C=O) groups excluding carboxylic acids is 3. The van der Waals surface area contributed by atoms with Gasteiger partial charge in [0, 0.05) is 25.7 Å². The number of rotatable bonds is 2. The van der Waals surface area contributed by atoms with Crippen molar-refractivity contribution in [2.75, 3.05) is 0 Å². The minimum Gasteiger partial charge on any atom is -0.462 e. The summed E-state index contributed by atoms with van der Waals surface area (Å²) in [6.45, 7) is 7.04. The Hall–Kier alpha value is -1.69. The Balaban J connectivity index is 1.64. The first-order valence-corrected chi connectivity index (χ1v) is 10.8. The Labute approximate surface area is 172 Å². The van der Waals surface area contributed by atoms with Crippen LogP contribution in [-0.4, -0.2) is 41.1 Å². The third-order valence-electron chi connectivity index (χ3n) is 8.44. The van der Waals surface area contributed by atoms with E-state index in [1.165, 1.54) is 19.4 Å². The molecular weight excluding hydrogens is 372 g/mol. The zero-order valence-corrected chi connectivity index (χ0v) is 17.8. The van der Waals surface area contributed by atoms with Crippen LogP contribution in [-0.2, 0) is 23.9 Å². The lowest BCUT2D eigenvalue weighted by atomic mass is 9.47. The second-order valence-electron chi connectivity index (χ2n) is 10.0. The Morgan fingerprint density at radius 1 is 1.03 bits per heavy atom. The van der Waals surface area contributed by atoms with Crippen molar-refractivity contribution in [1.29, 1.82) is 0 Å². The summed E-state index contributed by atoms with van der Waals surface area (Å²) in [6.07, 6.45) is 5.07. The fourth-order valence-electron chi connectivity index (χ4n) is 7.02. The summed E-state index contributed by atoms with van der Waals surface area (Å²) in [5, 5.41) is 11.1. The lowest BCUT2D eigenvalue weighted by molar-refractivity contribution is -0.154. The van der Waals surface area contributed by atoms with Gasteiger partial charge in [-0.15, -0.1) is 0 Å². The van der Waals surface area contributed by atoms with Gasteiger partial charge >= 0.3 is 11.9 Å². The molecule has 4 aliphatic rings. The van der Waals surface area contributed by atoms with E-state index in [0.29, 0.717) is 12.8 Å². The van der Waals surface area contributed by atoms with Gasteiger partial charge in [-0.3, -0.25) is 14.4 Å². The normalized spacial score (nSPS) is 46.1. The third kappa shape index (κ3) is 3.15. The molecular formula is C23H32O6. The molecule has 0 aromatic rings. The number of hydrogen-bond donors (Lipinski definition) is 1. The molecule has 0 spiro atoms. The van der Waals surface area contributed by atoms with Crippen LogP contribution in [0.2, 0.25) is 0 Å². The maximum Gasteiger partial charge on any atom is 0.303 e. The van der Waals surface area contributed by atoms with Crippen LogP contribution in [0.3, 0.4) is 0 Å². The molecule has 4 aliphatic carbocycles. The van der Waals surface area contributed by atoms with Gasteiger partial charge < -0.3 is 14.6 Å². The fourth-order valence-corrected chi connectivity index (χ4v) is 7.02. The van der Waals surface area contributed by atoms with E-state index in [4.69, 9.17) is 9.47 Å². The monoisotopic (exact) mass is 404 g/mol. The molecule has 0 saturated heterocycles. The number of esters is 2. The van der Waals surface area contributed by atoms with Crippen LogP contribution in [0.5, 0.6) is 0 Å². The number of aliphatic hydroxyl groups is 1. The van der Waals surface area contributed by atoms with Crippen molar-refractivity contribution < 1.29 is 29.0 Å². The Morgan fingerprint density at radius 3 is 2.34 bits per heavy atom. The highest BCUT2D eigenvalue weighted by atomic mass is 16.5. The fraction of sp³-hybridized carbons (Fsp3) is 0.783. The number of Topliss-reactive ketones (excluding diaryl/α,β-unsaturated/α-hetero) is 1. The number of ether oxygens (including phenoxy) is 2. The topological polar surface area (TPSA) is 89.9 Å². The minimum absolute atomic E-state index is 0.00826. The molecule has 0 radical (unpaired) electrons. The molecule has 6 nitrogen and oxygen atoms in total. The van der Waals surface area contributed by atoms with E-state index in [-0.39, 0.29) is 41.0 Å². The standard InChI is InChI=1S/C23H32O6/c1-12(24)28-15-5-7-22(3)14(9-15)10-18(26)20-16(22)6-8-23(4)17(20)11-19(21(23)27)29-13(2)25/h10,15-20,26H,5-9,11H2,1-4H3/t15-,16-,17-,18+,19+,20+,22-,23-/m0/s1. The van der Waals surface area contributed by atoms with E-state index in [2.05, 4.69) is 6.92 Å². The van der Waals surface area contributed by atoms with Crippen molar-refractivity contribution in [2.24, 2.45) is 28.6 Å². The van der Waals surface area contributed by atoms with Crippen LogP contribution in [0.1, 0.15) is 66.2 Å². The first-order chi connectivity index (χ1) is 13.6. The molecule has 6 heteroatoms. The van der Waals surface area contributed by atoms with Gasteiger partial charge in [0.15, 0.2) is 11.9 Å². The third-order valence-corrected chi connectivity index (χ3v) is 8.44. The summed E-state index contributed by atoms with van der Waals surface area (Å²) in [7, 11) is 0. The van der Waals surface area contributed by atoms with Crippen LogP contribution in [0.4, 0.5) is 0 Å². The summed E-state index contributed by atoms with van der Waals surface area (Å²) in [5.74, 6) is -0.405. The number of carbonyl (C=O) groups is 3. The summed E-state index contributed by atoms with van der Waals surface area (Å²) in [4.78, 5) is 35.9. The number of ketones is 1. The van der Waals surface area contributed by atoms with Crippen molar-refractivity contribution in [2.45, 2.75) is 84.5 Å². The first kappa shape index (κ1) is 20.6. The molecule has 0 unspecified atom stereocenters. The molecule has 0 aromatic heterocycles. The average molecular weight is 405 g/mol. The molecule has 0 aliphatic heterocycles. The van der Waals surface area contributed by atoms with Crippen LogP contribution >= 0.6 is 0 Å². The smallest absolute Gasteiger partial charge is 0.303 e. The first-order valence-electron chi connectivity index (χ1n) is 10.8. The second kappa shape index (κ2) is 6.93. The lowest BCUT2D eigenvalue weighted by Crippen LogP contribution is -2.54. The zero-order chi connectivity index (χ0) is 21.1. The van der Waals surface area contributed by atoms with Gasteiger partial charge in [-0.2, -0.15) is 0 Å². The number of aliphatic hydroxyl groups excluding tert-OH is 1. The highest BCUT2D eigenvalue weighted by Crippen LogP contribution is 2.64. The van der Waals surface area contributed by atoms with Crippen LogP contribution in [0, 0.1) is 28.6 Å². The highest BCUT2D eigenvalue weighted by Gasteiger charge is 2.63. The summed E-state index contributed by atoms with van der Waals surface area (Å²) in [5.41, 5.74) is 0.594. The molecule has 160 valence electrons. The molecule has 1 N–H and O–H groups in total. The summed E-state index contributed by atoms with van der Waals surface area (Å²) >= 11 is 0. The summed E-state index contributed by atoms with van der Waals surface area (Å²) in [6, 6.07) is 0. The van der Waals surface area contributed by atoms with Crippen LogP contribution in [0.15, 0.2) is 11.6 Å². The molecule has 29 heavy (non-hydrogen) atoms. The van der Waals surface area contributed by atoms with Crippen molar-refractivity contribution in [3.05, 3.63) is 11.6 Å². The summed E-state index contributed by atoms with van der Waals surface area (Å²) < 4.78 is 10.8. The zero-order valence-electron chi connectivity index (χ0n) is 17.8. The largest absolute Gasteiger partial charge is 0.462 e. The Morgan fingerprint density at radius 2 is 1.69 bits per heavy atom. The minimum atomic E-state index is -0.689. The van der Waals surface area contributed by atoms with E-state index < -0.39 is 23.6 Å². The molecule has 0 bridgehead atoms. The Kier molecular flexibility index (Phi) is 4.92. The van der Waals surface area contributed by atoms with Crippen molar-refractivity contribution >= 4 is 17.7 Å². The molecule has 4 rings (SSSR count). The SMILES string of the molecule is CC(=O)O[C@H]1CC[C@@]2(C)C(=C[C@@H](O)[C@@H]3[C@@H]2CC[C@]2(C)C(=O)[C@H](OC(C)=O)C[C@@H]32)C1. The van der Waals surface area contributed by atoms with Gasteiger partial charge in [0.05, 0.1) is 6.10 Å². The van der Waals surface area contributed by atoms with Gasteiger partial charge in [0.1, 0.15) is 6.10 Å². The molecule has 0 amide bonds. The van der Waals surface area contributed by atoms with E-state index in [1.54, 1.807) is 0 Å². The molecule has 8 atom stereocenters. The quantitative estimate of drug-likeness (QED) is 0.562. The van der Waals surface area contributed by atoms with Crippen molar-refractivity contribution in [3.63, 3.8) is 0 Å². The molecule has 0 aromatic carbocycles. The predicted molar refractivity (Wildman–Crippen MR) is 105 cm³/mol. The van der Waals surface area contributed by atoms with Crippen LogP contribution in [0.25, 0.3) is 0 Å². The van der Waals surface area contributed by atoms with Gasteiger partial charge in [-0.05, 0) is 55.3 Å². The van der Waals surface area contributed by atoms with Crippen molar-refractivity contribution in [3.8, 4) is 0 Å². The predicted octanol–water partition coefficient (Wildman–Crippen LogP) is 2.96. The number of hydrogen-bond acceptors (Lipinski definition) is 6. The van der Waals surface area contributed by atoms with E-state index in [0.717, 1.165) is 25.7 Å². The van der Waals surface area contributed by atoms with Gasteiger partial charge in [0.2, 0.25) is 0 Å². The Bertz CT molecular complexity index is 771. The molecule has 3 fully saturated rings. The van der Waals surface area contributed by atoms with E-state index >= 15 is 0 Å². The average Bonchev–Trinajstić information content (AvgIpc) is 2.87. The van der Waals surface area contributed by atoms with E-state index in [1.807, 2.05) is 13.0 Å². The van der Waals surface area contributed by atoms with Crippen molar-refractivity contribution in [1.82, 2.24) is 0 Å². The van der Waals surface area contributed by atoms with Gasteiger partial charge in [-0.1, -0.05) is 25.5 Å². The maximum absolute atomic E-state index is 13.1. The van der Waals surface area contributed by atoms with E-state index in [9.17, 15) is 19.5 Å². The maximum atomic E-state index is 13.1. The number of fused-ring (bicyclic) bond motifs is 5. The van der Waals surface area contributed by atoms with Gasteiger partial charge in [0.25, 0.3) is 0 Å². The van der Waals surface area contributed by atoms with Crippen LogP contribution < -0.4 is 0 Å². The van der Waals surface area contributed by atoms with Gasteiger partial charge in [-0.25, -0.2) is 0 Å². The molecule has 0 heterocycles. The lowest BCUT2D eigenvalue weighted by Gasteiger charge is -2.57. The highest BCUT2D eigenvalue weighted by molar-refractivity contribution is 5.92. The molecule has 3 saturated carbocycles. The second-order valence-corrected chi connectivity index (χ2v) is 10.0.